The summed E-state index contributed by atoms with van der Waals surface area (Å²) < 4.78 is 26.8. The fourth-order valence-electron chi connectivity index (χ4n) is 5.00. The van der Waals surface area contributed by atoms with Crippen molar-refractivity contribution in [2.45, 2.75) is 63.4 Å². The third kappa shape index (κ3) is 7.03. The maximum absolute atomic E-state index is 13.9. The molecule has 0 fully saturated rings. The van der Waals surface area contributed by atoms with E-state index in [1.54, 1.807) is 17.0 Å². The Morgan fingerprint density at radius 1 is 0.927 bits per heavy atom. The van der Waals surface area contributed by atoms with Gasteiger partial charge in [-0.3, -0.25) is 14.4 Å². The summed E-state index contributed by atoms with van der Waals surface area (Å²) in [6.07, 6.45) is 2.21. The van der Waals surface area contributed by atoms with Crippen molar-refractivity contribution in [1.82, 2.24) is 14.5 Å². The Balaban J connectivity index is 1.56. The first kappa shape index (κ1) is 30.0. The predicted octanol–water partition coefficient (Wildman–Crippen LogP) is 4.48. The van der Waals surface area contributed by atoms with Gasteiger partial charge in [-0.05, 0) is 48.6 Å². The molecule has 0 saturated heterocycles. The number of unbranched alkanes of at least 4 members (excludes halogenated alkanes) is 1. The summed E-state index contributed by atoms with van der Waals surface area (Å²) >= 11 is 0. The summed E-state index contributed by atoms with van der Waals surface area (Å²) in [6, 6.07) is 22.7. The van der Waals surface area contributed by atoms with Gasteiger partial charge in [0, 0.05) is 32.5 Å². The molecular formula is C32H37N3O5S. The van der Waals surface area contributed by atoms with E-state index in [9.17, 15) is 22.8 Å². The number of fused-ring (bicyclic) bond motifs is 1. The number of benzene rings is 3. The van der Waals surface area contributed by atoms with Crippen LogP contribution in [0.4, 0.5) is 0 Å². The average molecular weight is 576 g/mol. The summed E-state index contributed by atoms with van der Waals surface area (Å²) in [6.45, 7) is 4.64. The van der Waals surface area contributed by atoms with Crippen LogP contribution in [0.3, 0.4) is 0 Å². The first-order valence-corrected chi connectivity index (χ1v) is 15.5. The van der Waals surface area contributed by atoms with E-state index in [1.165, 1.54) is 12.1 Å². The number of amides is 3. The molecule has 0 aromatic heterocycles. The van der Waals surface area contributed by atoms with Crippen molar-refractivity contribution in [2.75, 3.05) is 13.1 Å². The van der Waals surface area contributed by atoms with Crippen LogP contribution in [-0.4, -0.2) is 54.5 Å². The van der Waals surface area contributed by atoms with Gasteiger partial charge in [-0.1, -0.05) is 80.1 Å². The number of carbonyl (C=O) groups excluding carboxylic acids is 3. The zero-order valence-corrected chi connectivity index (χ0v) is 24.4. The van der Waals surface area contributed by atoms with Crippen molar-refractivity contribution in [3.63, 3.8) is 0 Å². The molecule has 9 heteroatoms. The van der Waals surface area contributed by atoms with E-state index in [0.29, 0.717) is 13.0 Å². The van der Waals surface area contributed by atoms with Crippen molar-refractivity contribution in [3.8, 4) is 0 Å². The Kier molecular flexibility index (Phi) is 9.94. The van der Waals surface area contributed by atoms with Crippen molar-refractivity contribution < 1.29 is 22.8 Å². The second-order valence-corrected chi connectivity index (χ2v) is 12.1. The molecular weight excluding hydrogens is 538 g/mol. The number of rotatable bonds is 13. The van der Waals surface area contributed by atoms with E-state index in [0.717, 1.165) is 33.8 Å². The summed E-state index contributed by atoms with van der Waals surface area (Å²) in [5.41, 5.74) is 3.00. The van der Waals surface area contributed by atoms with Gasteiger partial charge in [0.25, 0.3) is 15.9 Å². The molecule has 0 bridgehead atoms. The molecule has 8 nitrogen and oxygen atoms in total. The SMILES string of the molecule is CCCCNC(=O)[C@@H](Cc1ccccc1)N(Cc1ccccc1C)C(=O)CCCN1C(=O)c2ccccc2S1(=O)=O. The summed E-state index contributed by atoms with van der Waals surface area (Å²) in [5, 5.41) is 3.00. The molecule has 0 saturated carbocycles. The minimum atomic E-state index is -3.96. The van der Waals surface area contributed by atoms with Gasteiger partial charge in [-0.25, -0.2) is 12.7 Å². The largest absolute Gasteiger partial charge is 0.354 e. The number of aryl methyl sites for hydroxylation is 1. The molecule has 4 rings (SSSR count). The molecule has 3 aromatic rings. The van der Waals surface area contributed by atoms with Gasteiger partial charge in [0.1, 0.15) is 10.9 Å². The van der Waals surface area contributed by atoms with Crippen molar-refractivity contribution in [1.29, 1.82) is 0 Å². The molecule has 3 aromatic carbocycles. The highest BCUT2D eigenvalue weighted by molar-refractivity contribution is 7.90. The lowest BCUT2D eigenvalue weighted by molar-refractivity contribution is -0.141. The van der Waals surface area contributed by atoms with Crippen LogP contribution < -0.4 is 5.32 Å². The first-order chi connectivity index (χ1) is 19.7. The molecule has 1 aliphatic heterocycles. The van der Waals surface area contributed by atoms with E-state index in [-0.39, 0.29) is 48.2 Å². The topological polar surface area (TPSA) is 104 Å². The van der Waals surface area contributed by atoms with Crippen LogP contribution in [0.25, 0.3) is 0 Å². The Hall–Kier alpha value is -3.98. The first-order valence-electron chi connectivity index (χ1n) is 14.1. The van der Waals surface area contributed by atoms with Crippen LogP contribution >= 0.6 is 0 Å². The lowest BCUT2D eigenvalue weighted by Gasteiger charge is -2.32. The standard InChI is InChI=1S/C32H37N3O5S/c1-3-4-20-33-31(37)28(22-25-14-6-5-7-15-25)34(23-26-16-9-8-13-24(26)2)30(36)19-12-21-35-32(38)27-17-10-11-18-29(27)41(35,39)40/h5-11,13-18,28H,3-4,12,19-23H2,1-2H3,(H,33,37)/t28-/m1/s1. The fourth-order valence-corrected chi connectivity index (χ4v) is 6.61. The van der Waals surface area contributed by atoms with Gasteiger partial charge in [0.2, 0.25) is 11.8 Å². The third-order valence-corrected chi connectivity index (χ3v) is 9.21. The third-order valence-electron chi connectivity index (χ3n) is 7.37. The lowest BCUT2D eigenvalue weighted by atomic mass is 10.0. The van der Waals surface area contributed by atoms with Crippen LogP contribution in [0.1, 0.15) is 59.7 Å². The minimum absolute atomic E-state index is 0.0100. The Morgan fingerprint density at radius 3 is 2.32 bits per heavy atom. The number of nitrogens with one attached hydrogen (secondary N) is 1. The Labute approximate surface area is 242 Å². The molecule has 216 valence electrons. The van der Waals surface area contributed by atoms with Crippen molar-refractivity contribution >= 4 is 27.7 Å². The van der Waals surface area contributed by atoms with E-state index in [1.807, 2.05) is 68.4 Å². The fraction of sp³-hybridized carbons (Fsp3) is 0.344. The van der Waals surface area contributed by atoms with Gasteiger partial charge >= 0.3 is 0 Å². The highest BCUT2D eigenvalue weighted by Gasteiger charge is 2.40. The van der Waals surface area contributed by atoms with E-state index in [2.05, 4.69) is 5.32 Å². The zero-order valence-electron chi connectivity index (χ0n) is 23.6. The van der Waals surface area contributed by atoms with Gasteiger partial charge in [-0.2, -0.15) is 0 Å². The molecule has 1 aliphatic rings. The molecule has 0 radical (unpaired) electrons. The van der Waals surface area contributed by atoms with Gasteiger partial charge in [0.15, 0.2) is 0 Å². The Morgan fingerprint density at radius 2 is 1.61 bits per heavy atom. The predicted molar refractivity (Wildman–Crippen MR) is 157 cm³/mol. The lowest BCUT2D eigenvalue weighted by Crippen LogP contribution is -2.50. The molecule has 1 N–H and O–H groups in total. The zero-order chi connectivity index (χ0) is 29.4. The van der Waals surface area contributed by atoms with Crippen LogP contribution in [0.15, 0.2) is 83.8 Å². The molecule has 1 atom stereocenters. The number of carbonyl (C=O) groups is 3. The molecule has 0 unspecified atom stereocenters. The molecule has 3 amide bonds. The van der Waals surface area contributed by atoms with Gasteiger partial charge in [-0.15, -0.1) is 0 Å². The van der Waals surface area contributed by atoms with Crippen LogP contribution in [0, 0.1) is 6.92 Å². The number of sulfonamides is 1. The summed E-state index contributed by atoms with van der Waals surface area (Å²) in [4.78, 5) is 41.8. The van der Waals surface area contributed by atoms with Crippen LogP contribution in [-0.2, 0) is 32.6 Å². The van der Waals surface area contributed by atoms with E-state index >= 15 is 0 Å². The van der Waals surface area contributed by atoms with Crippen molar-refractivity contribution in [2.24, 2.45) is 0 Å². The molecule has 0 spiro atoms. The average Bonchev–Trinajstić information content (AvgIpc) is 3.16. The quantitative estimate of drug-likeness (QED) is 0.303. The molecule has 1 heterocycles. The number of nitrogens with zero attached hydrogens (tertiary/aromatic N) is 2. The highest BCUT2D eigenvalue weighted by atomic mass is 32.2. The second-order valence-electron chi connectivity index (χ2n) is 10.3. The smallest absolute Gasteiger partial charge is 0.269 e. The molecule has 0 aliphatic carbocycles. The second kappa shape index (κ2) is 13.6. The molecule has 41 heavy (non-hydrogen) atoms. The highest BCUT2D eigenvalue weighted by Crippen LogP contribution is 2.30. The maximum atomic E-state index is 13.9. The van der Waals surface area contributed by atoms with Crippen molar-refractivity contribution in [3.05, 3.63) is 101 Å². The van der Waals surface area contributed by atoms with Crippen LogP contribution in [0.5, 0.6) is 0 Å². The minimum Gasteiger partial charge on any atom is -0.354 e. The summed E-state index contributed by atoms with van der Waals surface area (Å²) in [5.74, 6) is -1.08. The van der Waals surface area contributed by atoms with Gasteiger partial charge in [0.05, 0.1) is 5.56 Å². The number of hydrogen-bond donors (Lipinski definition) is 1. The normalized spacial score (nSPS) is 14.4. The number of hydrogen-bond acceptors (Lipinski definition) is 5. The van der Waals surface area contributed by atoms with E-state index in [4.69, 9.17) is 0 Å². The van der Waals surface area contributed by atoms with E-state index < -0.39 is 22.0 Å². The monoisotopic (exact) mass is 575 g/mol. The Bertz CT molecular complexity index is 1490. The summed E-state index contributed by atoms with van der Waals surface area (Å²) in [7, 11) is -3.96. The van der Waals surface area contributed by atoms with Crippen LogP contribution in [0.2, 0.25) is 0 Å². The maximum Gasteiger partial charge on any atom is 0.269 e. The van der Waals surface area contributed by atoms with Gasteiger partial charge < -0.3 is 10.2 Å².